The van der Waals surface area contributed by atoms with Crippen LogP contribution in [-0.4, -0.2) is 6.26 Å². The summed E-state index contributed by atoms with van der Waals surface area (Å²) in [7, 11) is 0. The van der Waals surface area contributed by atoms with Crippen LogP contribution in [0.15, 0.2) is 26.9 Å². The molecule has 0 nitrogen and oxygen atoms in total. The van der Waals surface area contributed by atoms with Gasteiger partial charge in [0.15, 0.2) is 0 Å². The van der Waals surface area contributed by atoms with Gasteiger partial charge in [-0.1, -0.05) is 31.9 Å². The van der Waals surface area contributed by atoms with E-state index < -0.39 is 0 Å². The molecule has 0 atom stereocenters. The Bertz CT molecular complexity index is 462. The van der Waals surface area contributed by atoms with E-state index in [1.165, 1.54) is 25.0 Å². The van der Waals surface area contributed by atoms with E-state index in [4.69, 9.17) is 0 Å². The minimum atomic E-state index is 0.902. The van der Waals surface area contributed by atoms with Crippen LogP contribution in [-0.2, 0) is 5.33 Å². The van der Waals surface area contributed by atoms with Crippen LogP contribution < -0.4 is 0 Å². The van der Waals surface area contributed by atoms with Crippen LogP contribution in [0.3, 0.4) is 0 Å². The third-order valence-electron chi connectivity index (χ3n) is 2.10. The number of alkyl halides is 1. The summed E-state index contributed by atoms with van der Waals surface area (Å²) in [5.74, 6) is 0. The number of hydrogen-bond donors (Lipinski definition) is 0. The Kier molecular flexibility index (Phi) is 3.58. The third-order valence-corrected chi connectivity index (χ3v) is 5.12. The van der Waals surface area contributed by atoms with Crippen molar-refractivity contribution in [2.24, 2.45) is 0 Å². The topological polar surface area (TPSA) is 0 Å². The SMILES string of the molecule is CSc1cc(Br)c(CBr)c2sccc12. The van der Waals surface area contributed by atoms with Gasteiger partial charge in [-0.15, -0.1) is 23.1 Å². The summed E-state index contributed by atoms with van der Waals surface area (Å²) < 4.78 is 2.59. The fourth-order valence-corrected chi connectivity index (χ4v) is 5.07. The van der Waals surface area contributed by atoms with Crippen molar-refractivity contribution in [3.63, 3.8) is 0 Å². The van der Waals surface area contributed by atoms with Crippen molar-refractivity contribution in [1.29, 1.82) is 0 Å². The summed E-state index contributed by atoms with van der Waals surface area (Å²) >= 11 is 10.8. The molecule has 0 aliphatic rings. The van der Waals surface area contributed by atoms with Gasteiger partial charge in [0.05, 0.1) is 0 Å². The molecule has 0 aliphatic heterocycles. The highest BCUT2D eigenvalue weighted by atomic mass is 79.9. The van der Waals surface area contributed by atoms with Gasteiger partial charge < -0.3 is 0 Å². The highest BCUT2D eigenvalue weighted by Gasteiger charge is 2.10. The summed E-state index contributed by atoms with van der Waals surface area (Å²) in [5.41, 5.74) is 1.35. The molecule has 0 radical (unpaired) electrons. The highest BCUT2D eigenvalue weighted by molar-refractivity contribution is 9.10. The summed E-state index contributed by atoms with van der Waals surface area (Å²) in [4.78, 5) is 1.35. The molecule has 0 spiro atoms. The third kappa shape index (κ3) is 1.77. The predicted octanol–water partition coefficient (Wildman–Crippen LogP) is 5.28. The minimum Gasteiger partial charge on any atom is -0.143 e. The maximum atomic E-state index is 3.62. The number of benzene rings is 1. The van der Waals surface area contributed by atoms with Gasteiger partial charge in [0.25, 0.3) is 0 Å². The quantitative estimate of drug-likeness (QED) is 0.523. The van der Waals surface area contributed by atoms with E-state index in [-0.39, 0.29) is 0 Å². The first-order chi connectivity index (χ1) is 6.77. The van der Waals surface area contributed by atoms with Crippen LogP contribution in [0, 0.1) is 0 Å². The molecule has 0 aliphatic carbocycles. The van der Waals surface area contributed by atoms with E-state index in [2.05, 4.69) is 55.6 Å². The predicted molar refractivity (Wildman–Crippen MR) is 73.9 cm³/mol. The smallest absolute Gasteiger partial charge is 0.0405 e. The molecule has 1 aromatic carbocycles. The van der Waals surface area contributed by atoms with Crippen molar-refractivity contribution >= 4 is 65.0 Å². The van der Waals surface area contributed by atoms with Gasteiger partial charge in [-0.05, 0) is 29.3 Å². The van der Waals surface area contributed by atoms with Crippen LogP contribution in [0.25, 0.3) is 10.1 Å². The van der Waals surface area contributed by atoms with Crippen molar-refractivity contribution < 1.29 is 0 Å². The zero-order valence-electron chi connectivity index (χ0n) is 7.51. The van der Waals surface area contributed by atoms with E-state index in [9.17, 15) is 0 Å². The Morgan fingerprint density at radius 2 is 2.29 bits per heavy atom. The van der Waals surface area contributed by atoms with Gasteiger partial charge >= 0.3 is 0 Å². The average molecular weight is 352 g/mol. The van der Waals surface area contributed by atoms with Gasteiger partial charge in [0.1, 0.15) is 0 Å². The number of halogens is 2. The lowest BCUT2D eigenvalue weighted by atomic mass is 10.2. The Labute approximate surface area is 108 Å². The first-order valence-corrected chi connectivity index (χ1v) is 8.08. The number of fused-ring (bicyclic) bond motifs is 1. The largest absolute Gasteiger partial charge is 0.143 e. The second-order valence-electron chi connectivity index (χ2n) is 2.84. The van der Waals surface area contributed by atoms with Crippen molar-refractivity contribution in [2.45, 2.75) is 10.2 Å². The molecular formula is C10H8Br2S2. The maximum Gasteiger partial charge on any atom is 0.0405 e. The molecule has 2 rings (SSSR count). The first-order valence-electron chi connectivity index (χ1n) is 4.06. The molecule has 0 amide bonds. The van der Waals surface area contributed by atoms with Gasteiger partial charge in [-0.25, -0.2) is 0 Å². The summed E-state index contributed by atoms with van der Waals surface area (Å²) in [5, 5.41) is 4.43. The molecule has 0 unspecified atom stereocenters. The molecule has 0 saturated carbocycles. The number of hydrogen-bond acceptors (Lipinski definition) is 2. The fraction of sp³-hybridized carbons (Fsp3) is 0.200. The Morgan fingerprint density at radius 3 is 2.93 bits per heavy atom. The molecular weight excluding hydrogens is 344 g/mol. The Hall–Kier alpha value is 0.490. The Morgan fingerprint density at radius 1 is 1.50 bits per heavy atom. The zero-order valence-corrected chi connectivity index (χ0v) is 12.3. The number of rotatable bonds is 2. The molecule has 1 aromatic heterocycles. The molecule has 0 N–H and O–H groups in total. The van der Waals surface area contributed by atoms with Crippen LogP contribution in [0.5, 0.6) is 0 Å². The van der Waals surface area contributed by atoms with E-state index in [0.29, 0.717) is 0 Å². The average Bonchev–Trinajstić information content (AvgIpc) is 2.65. The van der Waals surface area contributed by atoms with Crippen LogP contribution in [0.2, 0.25) is 0 Å². The monoisotopic (exact) mass is 350 g/mol. The van der Waals surface area contributed by atoms with E-state index in [1.54, 1.807) is 11.8 Å². The molecule has 14 heavy (non-hydrogen) atoms. The molecule has 1 heterocycles. The summed E-state index contributed by atoms with van der Waals surface area (Å²) in [6.07, 6.45) is 2.12. The standard InChI is InChI=1S/C10H8Br2S2/c1-13-9-4-8(12)7(5-11)10-6(9)2-3-14-10/h2-4H,5H2,1H3. The first kappa shape index (κ1) is 11.0. The second-order valence-corrected chi connectivity index (χ2v) is 6.02. The van der Waals surface area contributed by atoms with Crippen LogP contribution in [0.4, 0.5) is 0 Å². The van der Waals surface area contributed by atoms with Crippen molar-refractivity contribution in [3.05, 3.63) is 27.5 Å². The normalized spacial score (nSPS) is 11.1. The lowest BCUT2D eigenvalue weighted by molar-refractivity contribution is 1.41. The van der Waals surface area contributed by atoms with Gasteiger partial charge in [-0.3, -0.25) is 0 Å². The highest BCUT2D eigenvalue weighted by Crippen LogP contribution is 2.38. The summed E-state index contributed by atoms with van der Waals surface area (Å²) in [6.45, 7) is 0. The maximum absolute atomic E-state index is 3.62. The summed E-state index contributed by atoms with van der Waals surface area (Å²) in [6, 6.07) is 4.40. The van der Waals surface area contributed by atoms with Gasteiger partial charge in [0, 0.05) is 24.8 Å². The lowest BCUT2D eigenvalue weighted by Crippen LogP contribution is -1.83. The van der Waals surface area contributed by atoms with Crippen LogP contribution in [0.1, 0.15) is 5.56 Å². The molecule has 74 valence electrons. The second kappa shape index (κ2) is 4.56. The molecule has 0 fully saturated rings. The van der Waals surface area contributed by atoms with E-state index >= 15 is 0 Å². The van der Waals surface area contributed by atoms with Crippen LogP contribution >= 0.6 is 55.0 Å². The molecule has 2 aromatic rings. The number of thioether (sulfide) groups is 1. The lowest BCUT2D eigenvalue weighted by Gasteiger charge is -2.06. The molecule has 4 heteroatoms. The van der Waals surface area contributed by atoms with Gasteiger partial charge in [0.2, 0.25) is 0 Å². The van der Waals surface area contributed by atoms with Crippen molar-refractivity contribution in [2.75, 3.05) is 6.26 Å². The minimum absolute atomic E-state index is 0.902. The van der Waals surface area contributed by atoms with E-state index in [0.717, 1.165) is 5.33 Å². The zero-order chi connectivity index (χ0) is 10.1. The van der Waals surface area contributed by atoms with E-state index in [1.807, 2.05) is 11.3 Å². The molecule has 0 saturated heterocycles. The molecule has 0 bridgehead atoms. The fourth-order valence-electron chi connectivity index (χ4n) is 1.42. The van der Waals surface area contributed by atoms with Crippen molar-refractivity contribution in [3.8, 4) is 0 Å². The number of thiophene rings is 1. The van der Waals surface area contributed by atoms with Crippen molar-refractivity contribution in [1.82, 2.24) is 0 Å². The van der Waals surface area contributed by atoms with Gasteiger partial charge in [-0.2, -0.15) is 0 Å². The Balaban J connectivity index is 2.81.